The monoisotopic (exact) mass is 285 g/mol. The zero-order valence-corrected chi connectivity index (χ0v) is 8.89. The lowest BCUT2D eigenvalue weighted by molar-refractivity contribution is -0.142. The molecule has 19 heavy (non-hydrogen) atoms. The van der Waals surface area contributed by atoms with Gasteiger partial charge in [0.25, 0.3) is 5.91 Å². The van der Waals surface area contributed by atoms with Crippen molar-refractivity contribution >= 4 is 17.9 Å². The van der Waals surface area contributed by atoms with Crippen LogP contribution in [-0.4, -0.2) is 12.2 Å². The van der Waals surface area contributed by atoms with E-state index in [4.69, 9.17) is 0 Å². The van der Waals surface area contributed by atoms with Gasteiger partial charge in [-0.3, -0.25) is 9.59 Å². The Kier molecular flexibility index (Phi) is 3.87. The van der Waals surface area contributed by atoms with Gasteiger partial charge in [-0.05, 0) is 18.2 Å². The molecule has 0 saturated carbocycles. The van der Waals surface area contributed by atoms with Crippen LogP contribution >= 0.6 is 0 Å². The minimum absolute atomic E-state index is 0.138. The molecule has 3 nitrogen and oxygen atoms in total. The summed E-state index contributed by atoms with van der Waals surface area (Å²) in [5.41, 5.74) is -4.11. The van der Waals surface area contributed by atoms with E-state index >= 15 is 0 Å². The number of benzene rings is 1. The second-order valence-corrected chi connectivity index (χ2v) is 3.36. The van der Waals surface area contributed by atoms with Crippen LogP contribution in [0.1, 0.15) is 11.1 Å². The number of rotatable bonds is 2. The Hall–Kier alpha value is -2.06. The molecule has 0 spiro atoms. The average Bonchev–Trinajstić information content (AvgIpc) is 2.26. The molecule has 0 heterocycles. The molecule has 1 aromatic rings. The molecule has 0 saturated heterocycles. The number of carbonyl (C=O) groups is 2. The van der Waals surface area contributed by atoms with Crippen molar-refractivity contribution < 1.29 is 35.9 Å². The highest BCUT2D eigenvalue weighted by molar-refractivity contribution is 6.29. The van der Waals surface area contributed by atoms with Crippen LogP contribution in [0.4, 0.5) is 32.0 Å². The molecular formula is C10H5F6NO2. The van der Waals surface area contributed by atoms with Crippen LogP contribution in [0, 0.1) is 0 Å². The summed E-state index contributed by atoms with van der Waals surface area (Å²) in [5, 5.41) is 1.55. The van der Waals surface area contributed by atoms with Crippen LogP contribution in [0.25, 0.3) is 0 Å². The van der Waals surface area contributed by atoms with Gasteiger partial charge in [0.1, 0.15) is 0 Å². The van der Waals surface area contributed by atoms with Crippen LogP contribution in [-0.2, 0) is 21.9 Å². The molecular weight excluding hydrogens is 280 g/mol. The van der Waals surface area contributed by atoms with Crippen molar-refractivity contribution in [2.75, 3.05) is 5.32 Å². The highest BCUT2D eigenvalue weighted by Crippen LogP contribution is 2.39. The number of amides is 1. The van der Waals surface area contributed by atoms with Crippen LogP contribution in [0.5, 0.6) is 0 Å². The van der Waals surface area contributed by atoms with Crippen LogP contribution in [0.2, 0.25) is 0 Å². The Morgan fingerprint density at radius 2 is 1.63 bits per heavy atom. The van der Waals surface area contributed by atoms with E-state index in [0.717, 1.165) is 0 Å². The zero-order valence-electron chi connectivity index (χ0n) is 8.89. The fourth-order valence-corrected chi connectivity index (χ4v) is 1.23. The predicted molar refractivity (Wildman–Crippen MR) is 51.1 cm³/mol. The smallest absolute Gasteiger partial charge is 0.319 e. The third-order valence-corrected chi connectivity index (χ3v) is 2.02. The molecule has 0 aromatic heterocycles. The highest BCUT2D eigenvalue weighted by atomic mass is 19.4. The molecule has 0 aliphatic heterocycles. The summed E-state index contributed by atoms with van der Waals surface area (Å²) >= 11 is 0. The highest BCUT2D eigenvalue weighted by Gasteiger charge is 2.38. The quantitative estimate of drug-likeness (QED) is 0.516. The van der Waals surface area contributed by atoms with Gasteiger partial charge < -0.3 is 5.32 Å². The largest absolute Gasteiger partial charge is 0.418 e. The SMILES string of the molecule is O=CC(=O)Nc1ccc(C(F)(F)F)cc1C(F)(F)F. The molecule has 1 rings (SSSR count). The number of hydrogen-bond donors (Lipinski definition) is 1. The summed E-state index contributed by atoms with van der Waals surface area (Å²) in [5.74, 6) is -1.40. The number of halogens is 6. The zero-order chi connectivity index (χ0) is 14.8. The van der Waals surface area contributed by atoms with Gasteiger partial charge in [0.05, 0.1) is 16.8 Å². The normalized spacial score (nSPS) is 12.1. The summed E-state index contributed by atoms with van der Waals surface area (Å²) in [6.45, 7) is 0. The van der Waals surface area contributed by atoms with E-state index < -0.39 is 35.1 Å². The number of alkyl halides is 6. The van der Waals surface area contributed by atoms with Crippen molar-refractivity contribution in [2.24, 2.45) is 0 Å². The van der Waals surface area contributed by atoms with Gasteiger partial charge in [0.15, 0.2) is 0 Å². The molecule has 0 bridgehead atoms. The van der Waals surface area contributed by atoms with E-state index in [1.54, 1.807) is 5.32 Å². The van der Waals surface area contributed by atoms with Crippen LogP contribution < -0.4 is 5.32 Å². The lowest BCUT2D eigenvalue weighted by atomic mass is 10.1. The molecule has 0 atom stereocenters. The van der Waals surface area contributed by atoms with E-state index in [-0.39, 0.29) is 12.4 Å². The Morgan fingerprint density at radius 1 is 1.05 bits per heavy atom. The third-order valence-electron chi connectivity index (χ3n) is 2.02. The van der Waals surface area contributed by atoms with E-state index in [1.165, 1.54) is 0 Å². The summed E-state index contributed by atoms with van der Waals surface area (Å²) < 4.78 is 74.6. The van der Waals surface area contributed by atoms with Crippen molar-refractivity contribution in [3.8, 4) is 0 Å². The van der Waals surface area contributed by atoms with Gasteiger partial charge in [-0.1, -0.05) is 0 Å². The maximum atomic E-state index is 12.6. The van der Waals surface area contributed by atoms with Crippen molar-refractivity contribution in [3.63, 3.8) is 0 Å². The number of anilines is 1. The van der Waals surface area contributed by atoms with Crippen molar-refractivity contribution in [1.29, 1.82) is 0 Å². The molecule has 1 amide bonds. The standard InChI is InChI=1S/C10H5F6NO2/c11-9(12,13)5-1-2-7(17-8(19)4-18)6(3-5)10(14,15)16/h1-4H,(H,17,19). The fraction of sp³-hybridized carbons (Fsp3) is 0.200. The Labute approximate surface area is 102 Å². The van der Waals surface area contributed by atoms with Gasteiger partial charge in [0, 0.05) is 0 Å². The van der Waals surface area contributed by atoms with Crippen LogP contribution in [0.3, 0.4) is 0 Å². The van der Waals surface area contributed by atoms with Gasteiger partial charge in [-0.2, -0.15) is 26.3 Å². The molecule has 0 fully saturated rings. The topological polar surface area (TPSA) is 46.2 Å². The summed E-state index contributed by atoms with van der Waals surface area (Å²) in [6.07, 6.45) is -10.3. The van der Waals surface area contributed by atoms with Gasteiger partial charge in [0.2, 0.25) is 6.29 Å². The molecule has 0 unspecified atom stereocenters. The third kappa shape index (κ3) is 3.70. The Morgan fingerprint density at radius 3 is 2.05 bits per heavy atom. The first kappa shape index (κ1) is 15.0. The number of nitrogens with one attached hydrogen (secondary N) is 1. The maximum Gasteiger partial charge on any atom is 0.418 e. The molecule has 0 aliphatic rings. The van der Waals surface area contributed by atoms with Crippen molar-refractivity contribution in [3.05, 3.63) is 29.3 Å². The summed E-state index contributed by atoms with van der Waals surface area (Å²) in [6, 6.07) is 0.670. The van der Waals surface area contributed by atoms with E-state index in [9.17, 15) is 35.9 Å². The number of hydrogen-bond acceptors (Lipinski definition) is 2. The number of aldehydes is 1. The first-order valence-electron chi connectivity index (χ1n) is 4.60. The molecule has 1 aromatic carbocycles. The minimum atomic E-state index is -5.10. The van der Waals surface area contributed by atoms with Crippen LogP contribution in [0.15, 0.2) is 18.2 Å². The fourth-order valence-electron chi connectivity index (χ4n) is 1.23. The minimum Gasteiger partial charge on any atom is -0.319 e. The van der Waals surface area contributed by atoms with Gasteiger partial charge in [-0.15, -0.1) is 0 Å². The molecule has 0 aliphatic carbocycles. The molecule has 0 radical (unpaired) electrons. The lowest BCUT2D eigenvalue weighted by Crippen LogP contribution is -2.18. The molecule has 104 valence electrons. The Bertz CT molecular complexity index is 506. The van der Waals surface area contributed by atoms with Gasteiger partial charge in [-0.25, -0.2) is 0 Å². The average molecular weight is 285 g/mol. The van der Waals surface area contributed by atoms with Crippen molar-refractivity contribution in [1.82, 2.24) is 0 Å². The van der Waals surface area contributed by atoms with Gasteiger partial charge >= 0.3 is 12.4 Å². The second kappa shape index (κ2) is 4.90. The maximum absolute atomic E-state index is 12.6. The molecule has 1 N–H and O–H groups in total. The summed E-state index contributed by atoms with van der Waals surface area (Å²) in [4.78, 5) is 20.7. The Balaban J connectivity index is 3.33. The van der Waals surface area contributed by atoms with Crippen molar-refractivity contribution in [2.45, 2.75) is 12.4 Å². The van der Waals surface area contributed by atoms with E-state index in [1.807, 2.05) is 0 Å². The molecule has 9 heteroatoms. The summed E-state index contributed by atoms with van der Waals surface area (Å²) in [7, 11) is 0. The first-order chi connectivity index (χ1) is 8.55. The first-order valence-corrected chi connectivity index (χ1v) is 4.60. The van der Waals surface area contributed by atoms with E-state index in [0.29, 0.717) is 12.1 Å². The number of carbonyl (C=O) groups excluding carboxylic acids is 2. The predicted octanol–water partition coefficient (Wildman–Crippen LogP) is 2.86. The van der Waals surface area contributed by atoms with E-state index in [2.05, 4.69) is 0 Å². The second-order valence-electron chi connectivity index (χ2n) is 3.36. The lowest BCUT2D eigenvalue weighted by Gasteiger charge is -2.15.